The van der Waals surface area contributed by atoms with E-state index in [9.17, 15) is 9.90 Å². The van der Waals surface area contributed by atoms with Crippen LogP contribution >= 0.6 is 0 Å². The summed E-state index contributed by atoms with van der Waals surface area (Å²) in [5.74, 6) is -0.730. The highest BCUT2D eigenvalue weighted by Crippen LogP contribution is 2.46. The lowest BCUT2D eigenvalue weighted by Crippen LogP contribution is -2.58. The smallest absolute Gasteiger partial charge is 0.324 e. The van der Waals surface area contributed by atoms with Crippen LogP contribution < -0.4 is 5.32 Å². The van der Waals surface area contributed by atoms with E-state index < -0.39 is 11.5 Å². The van der Waals surface area contributed by atoms with Crippen molar-refractivity contribution in [2.45, 2.75) is 64.3 Å². The maximum absolute atomic E-state index is 11.6. The van der Waals surface area contributed by atoms with Crippen molar-refractivity contribution in [3.8, 4) is 0 Å². The van der Waals surface area contributed by atoms with E-state index in [1.807, 2.05) is 6.92 Å². The van der Waals surface area contributed by atoms with E-state index in [1.54, 1.807) is 0 Å². The Bertz CT molecular complexity index is 329. The Hall–Kier alpha value is -0.610. The predicted molar refractivity (Wildman–Crippen MR) is 80.9 cm³/mol. The second-order valence-electron chi connectivity index (χ2n) is 7.05. The molecule has 1 aliphatic heterocycles. The van der Waals surface area contributed by atoms with Crippen molar-refractivity contribution in [3.05, 3.63) is 0 Å². The highest BCUT2D eigenvalue weighted by molar-refractivity contribution is 5.78. The molecule has 0 aromatic heterocycles. The molecule has 1 unspecified atom stereocenters. The summed E-state index contributed by atoms with van der Waals surface area (Å²) >= 11 is 0. The molecule has 0 aromatic carbocycles. The fourth-order valence-electron chi connectivity index (χ4n) is 3.86. The average molecular weight is 282 g/mol. The van der Waals surface area contributed by atoms with E-state index in [1.165, 1.54) is 38.5 Å². The zero-order chi connectivity index (χ0) is 14.6. The highest BCUT2D eigenvalue weighted by atomic mass is 16.4. The SMILES string of the molecule is CCCNC(C)(CN1CCC2(CCCC2)CC1)C(=O)O. The van der Waals surface area contributed by atoms with E-state index in [2.05, 4.69) is 17.1 Å². The number of rotatable bonds is 6. The summed E-state index contributed by atoms with van der Waals surface area (Å²) in [5, 5.41) is 12.7. The second kappa shape index (κ2) is 6.44. The summed E-state index contributed by atoms with van der Waals surface area (Å²) in [6, 6.07) is 0. The average Bonchev–Trinajstić information content (AvgIpc) is 2.88. The Morgan fingerprint density at radius 1 is 1.25 bits per heavy atom. The van der Waals surface area contributed by atoms with Gasteiger partial charge in [-0.1, -0.05) is 19.8 Å². The fourth-order valence-corrected chi connectivity index (χ4v) is 3.86. The molecule has 0 amide bonds. The van der Waals surface area contributed by atoms with Crippen molar-refractivity contribution in [3.63, 3.8) is 0 Å². The Morgan fingerprint density at radius 3 is 2.35 bits per heavy atom. The van der Waals surface area contributed by atoms with Gasteiger partial charge >= 0.3 is 5.97 Å². The first-order chi connectivity index (χ1) is 9.50. The highest BCUT2D eigenvalue weighted by Gasteiger charge is 2.40. The molecule has 0 bridgehead atoms. The molecule has 1 spiro atoms. The van der Waals surface area contributed by atoms with E-state index in [4.69, 9.17) is 0 Å². The quantitative estimate of drug-likeness (QED) is 0.786. The molecule has 20 heavy (non-hydrogen) atoms. The fraction of sp³-hybridized carbons (Fsp3) is 0.938. The topological polar surface area (TPSA) is 52.6 Å². The number of hydrogen-bond acceptors (Lipinski definition) is 3. The van der Waals surface area contributed by atoms with Crippen molar-refractivity contribution in [1.29, 1.82) is 0 Å². The van der Waals surface area contributed by atoms with Gasteiger partial charge in [0, 0.05) is 6.54 Å². The van der Waals surface area contributed by atoms with Crippen molar-refractivity contribution < 1.29 is 9.90 Å². The lowest BCUT2D eigenvalue weighted by Gasteiger charge is -2.42. The zero-order valence-corrected chi connectivity index (χ0v) is 13.1. The standard InChI is InChI=1S/C16H30N2O2/c1-3-10-17-15(2,14(19)20)13-18-11-8-16(9-12-18)6-4-5-7-16/h17H,3-13H2,1-2H3,(H,19,20). The van der Waals surface area contributed by atoms with Crippen LogP contribution in [0.4, 0.5) is 0 Å². The molecule has 1 saturated heterocycles. The summed E-state index contributed by atoms with van der Waals surface area (Å²) in [6.45, 7) is 7.41. The van der Waals surface area contributed by atoms with E-state index >= 15 is 0 Å². The summed E-state index contributed by atoms with van der Waals surface area (Å²) in [4.78, 5) is 13.9. The summed E-state index contributed by atoms with van der Waals surface area (Å²) in [7, 11) is 0. The van der Waals surface area contributed by atoms with Gasteiger partial charge in [0.1, 0.15) is 5.54 Å². The van der Waals surface area contributed by atoms with E-state index in [-0.39, 0.29) is 0 Å². The molecule has 116 valence electrons. The lowest BCUT2D eigenvalue weighted by atomic mass is 9.77. The number of hydrogen-bond donors (Lipinski definition) is 2. The summed E-state index contributed by atoms with van der Waals surface area (Å²) in [5.41, 5.74) is -0.205. The molecule has 2 aliphatic rings. The Balaban J connectivity index is 1.87. The minimum atomic E-state index is -0.809. The second-order valence-corrected chi connectivity index (χ2v) is 7.05. The monoisotopic (exact) mass is 282 g/mol. The van der Waals surface area contributed by atoms with Gasteiger partial charge in [0.25, 0.3) is 0 Å². The molecule has 1 heterocycles. The molecule has 1 aliphatic carbocycles. The molecule has 4 heteroatoms. The van der Waals surface area contributed by atoms with Gasteiger partial charge in [0.15, 0.2) is 0 Å². The zero-order valence-electron chi connectivity index (χ0n) is 13.1. The van der Waals surface area contributed by atoms with Crippen LogP contribution in [0.15, 0.2) is 0 Å². The largest absolute Gasteiger partial charge is 0.480 e. The molecule has 2 rings (SSSR count). The van der Waals surface area contributed by atoms with Crippen LogP contribution in [0, 0.1) is 5.41 Å². The minimum absolute atomic E-state index is 0.604. The third kappa shape index (κ3) is 3.53. The number of carboxylic acids is 1. The van der Waals surface area contributed by atoms with Crippen LogP contribution in [0.5, 0.6) is 0 Å². The minimum Gasteiger partial charge on any atom is -0.480 e. The number of likely N-dealkylation sites (tertiary alicyclic amines) is 1. The maximum atomic E-state index is 11.6. The molecule has 2 N–H and O–H groups in total. The number of carboxylic acid groups (broad SMARTS) is 1. The number of nitrogens with one attached hydrogen (secondary N) is 1. The van der Waals surface area contributed by atoms with Crippen LogP contribution in [0.1, 0.15) is 58.8 Å². The molecular weight excluding hydrogens is 252 g/mol. The normalized spacial score (nSPS) is 25.7. The van der Waals surface area contributed by atoms with Crippen LogP contribution in [0.25, 0.3) is 0 Å². The Labute approximate surface area is 122 Å². The van der Waals surface area contributed by atoms with Crippen molar-refractivity contribution in [2.75, 3.05) is 26.2 Å². The molecule has 2 fully saturated rings. The van der Waals surface area contributed by atoms with Crippen molar-refractivity contribution in [1.82, 2.24) is 10.2 Å². The number of piperidine rings is 1. The molecule has 0 aromatic rings. The molecule has 1 atom stereocenters. The van der Waals surface area contributed by atoms with Crippen LogP contribution in [-0.4, -0.2) is 47.7 Å². The molecular formula is C16H30N2O2. The maximum Gasteiger partial charge on any atom is 0.324 e. The Morgan fingerprint density at radius 2 is 1.85 bits per heavy atom. The lowest BCUT2D eigenvalue weighted by molar-refractivity contribution is -0.145. The van der Waals surface area contributed by atoms with Gasteiger partial charge in [-0.3, -0.25) is 4.79 Å². The van der Waals surface area contributed by atoms with Gasteiger partial charge in [0.05, 0.1) is 0 Å². The first-order valence-corrected chi connectivity index (χ1v) is 8.20. The van der Waals surface area contributed by atoms with E-state index in [0.717, 1.165) is 26.1 Å². The summed E-state index contributed by atoms with van der Waals surface area (Å²) < 4.78 is 0. The van der Waals surface area contributed by atoms with Gasteiger partial charge in [0.2, 0.25) is 0 Å². The van der Waals surface area contributed by atoms with Crippen LogP contribution in [0.2, 0.25) is 0 Å². The third-order valence-corrected chi connectivity index (χ3v) is 5.36. The van der Waals surface area contributed by atoms with Gasteiger partial charge in [-0.2, -0.15) is 0 Å². The van der Waals surface area contributed by atoms with Crippen LogP contribution in [0.3, 0.4) is 0 Å². The van der Waals surface area contributed by atoms with Gasteiger partial charge < -0.3 is 15.3 Å². The number of carbonyl (C=O) groups is 1. The molecule has 4 nitrogen and oxygen atoms in total. The molecule has 0 radical (unpaired) electrons. The summed E-state index contributed by atoms with van der Waals surface area (Å²) in [6.07, 6.45) is 9.06. The van der Waals surface area contributed by atoms with Crippen LogP contribution in [-0.2, 0) is 4.79 Å². The molecule has 1 saturated carbocycles. The van der Waals surface area contributed by atoms with Crippen molar-refractivity contribution in [2.24, 2.45) is 5.41 Å². The van der Waals surface area contributed by atoms with Gasteiger partial charge in [-0.05, 0) is 64.1 Å². The third-order valence-electron chi connectivity index (χ3n) is 5.36. The van der Waals surface area contributed by atoms with Crippen molar-refractivity contribution >= 4 is 5.97 Å². The predicted octanol–water partition coefficient (Wildman–Crippen LogP) is 2.49. The number of nitrogens with zero attached hydrogens (tertiary/aromatic N) is 1. The number of aliphatic carboxylic acids is 1. The van der Waals surface area contributed by atoms with Gasteiger partial charge in [-0.25, -0.2) is 0 Å². The van der Waals surface area contributed by atoms with Gasteiger partial charge in [-0.15, -0.1) is 0 Å². The first-order valence-electron chi connectivity index (χ1n) is 8.20. The van der Waals surface area contributed by atoms with E-state index in [0.29, 0.717) is 12.0 Å². The first kappa shape index (κ1) is 15.8. The Kier molecular flexibility index (Phi) is 5.08.